The fraction of sp³-hybridized carbons (Fsp3) is 0.300. The molecule has 14 heavy (non-hydrogen) atoms. The normalized spacial score (nSPS) is 10.8. The van der Waals surface area contributed by atoms with E-state index >= 15 is 0 Å². The van der Waals surface area contributed by atoms with Crippen LogP contribution in [-0.2, 0) is 0 Å². The minimum atomic E-state index is 0.677. The highest BCUT2D eigenvalue weighted by Gasteiger charge is 2.10. The Morgan fingerprint density at radius 2 is 2.14 bits per heavy atom. The first-order chi connectivity index (χ1) is 6.63. The smallest absolute Gasteiger partial charge is 0.221 e. The van der Waals surface area contributed by atoms with Crippen LogP contribution in [0.15, 0.2) is 12.3 Å². The fourth-order valence-corrected chi connectivity index (χ4v) is 1.65. The summed E-state index contributed by atoms with van der Waals surface area (Å²) in [6.07, 6.45) is 1.96. The molecule has 0 saturated carbocycles. The molecule has 4 nitrogen and oxygen atoms in total. The van der Waals surface area contributed by atoms with Gasteiger partial charge < -0.3 is 10.5 Å². The number of anilines is 1. The van der Waals surface area contributed by atoms with Gasteiger partial charge in [-0.25, -0.2) is 4.98 Å². The number of aromatic nitrogens is 2. The second kappa shape index (κ2) is 2.90. The second-order valence-electron chi connectivity index (χ2n) is 3.37. The van der Waals surface area contributed by atoms with E-state index < -0.39 is 0 Å². The summed E-state index contributed by atoms with van der Waals surface area (Å²) in [4.78, 5) is 4.34. The van der Waals surface area contributed by atoms with Crippen LogP contribution in [0.2, 0.25) is 0 Å². The van der Waals surface area contributed by atoms with Crippen LogP contribution in [0.3, 0.4) is 0 Å². The number of methoxy groups -OCH3 is 1. The van der Waals surface area contributed by atoms with Gasteiger partial charge in [0.1, 0.15) is 5.69 Å². The highest BCUT2D eigenvalue weighted by atomic mass is 16.5. The number of fused-ring (bicyclic) bond motifs is 1. The lowest BCUT2D eigenvalue weighted by atomic mass is 10.3. The lowest BCUT2D eigenvalue weighted by Gasteiger charge is -2.03. The number of nitrogens with zero attached hydrogens (tertiary/aromatic N) is 2. The number of rotatable bonds is 1. The van der Waals surface area contributed by atoms with Crippen molar-refractivity contribution in [3.05, 3.63) is 23.5 Å². The van der Waals surface area contributed by atoms with Gasteiger partial charge in [-0.05, 0) is 25.5 Å². The van der Waals surface area contributed by atoms with Crippen LogP contribution < -0.4 is 10.5 Å². The maximum Gasteiger partial charge on any atom is 0.221 e. The van der Waals surface area contributed by atoms with Crippen LogP contribution in [0.1, 0.15) is 11.3 Å². The van der Waals surface area contributed by atoms with Gasteiger partial charge in [-0.2, -0.15) is 0 Å². The molecule has 2 aromatic heterocycles. The zero-order valence-electron chi connectivity index (χ0n) is 8.53. The molecule has 0 aromatic carbocycles. The molecule has 0 aliphatic carbocycles. The van der Waals surface area contributed by atoms with Crippen LogP contribution in [0.4, 0.5) is 5.69 Å². The van der Waals surface area contributed by atoms with Gasteiger partial charge in [0.25, 0.3) is 0 Å². The number of imidazole rings is 1. The zero-order chi connectivity index (χ0) is 10.3. The standard InChI is InChI=1S/C10H13N3O/c1-6-4-8(11)9-12-7(2)10(14-3)13(9)5-6/h4-5H,11H2,1-3H3. The highest BCUT2D eigenvalue weighted by molar-refractivity contribution is 5.67. The first-order valence-electron chi connectivity index (χ1n) is 4.42. The fourth-order valence-electron chi connectivity index (χ4n) is 1.65. The van der Waals surface area contributed by atoms with Crippen molar-refractivity contribution in [3.8, 4) is 5.88 Å². The Kier molecular flexibility index (Phi) is 1.84. The van der Waals surface area contributed by atoms with E-state index in [4.69, 9.17) is 10.5 Å². The quantitative estimate of drug-likeness (QED) is 0.743. The molecule has 2 aromatic rings. The zero-order valence-corrected chi connectivity index (χ0v) is 8.53. The van der Waals surface area contributed by atoms with Crippen LogP contribution in [0, 0.1) is 13.8 Å². The molecule has 0 aliphatic heterocycles. The molecule has 2 rings (SSSR count). The predicted molar refractivity (Wildman–Crippen MR) is 55.6 cm³/mol. The lowest BCUT2D eigenvalue weighted by Crippen LogP contribution is -1.96. The Morgan fingerprint density at radius 3 is 2.79 bits per heavy atom. The summed E-state index contributed by atoms with van der Waals surface area (Å²) in [6.45, 7) is 3.89. The van der Waals surface area contributed by atoms with Crippen LogP contribution in [0.25, 0.3) is 5.65 Å². The third-order valence-electron chi connectivity index (χ3n) is 2.20. The van der Waals surface area contributed by atoms with Gasteiger partial charge in [-0.15, -0.1) is 0 Å². The van der Waals surface area contributed by atoms with Crippen molar-refractivity contribution in [1.29, 1.82) is 0 Å². The molecule has 0 unspecified atom stereocenters. The maximum absolute atomic E-state index is 5.86. The van der Waals surface area contributed by atoms with Crippen molar-refractivity contribution in [1.82, 2.24) is 9.38 Å². The summed E-state index contributed by atoms with van der Waals surface area (Å²) in [7, 11) is 1.63. The van der Waals surface area contributed by atoms with E-state index in [9.17, 15) is 0 Å². The minimum Gasteiger partial charge on any atom is -0.481 e. The largest absolute Gasteiger partial charge is 0.481 e. The molecular weight excluding hydrogens is 178 g/mol. The van der Waals surface area contributed by atoms with Crippen molar-refractivity contribution >= 4 is 11.3 Å². The SMILES string of the molecule is COc1c(C)nc2c(N)cc(C)cn12. The summed E-state index contributed by atoms with van der Waals surface area (Å²) < 4.78 is 7.13. The van der Waals surface area contributed by atoms with E-state index in [2.05, 4.69) is 4.98 Å². The molecule has 0 saturated heterocycles. The van der Waals surface area contributed by atoms with Gasteiger partial charge in [0, 0.05) is 6.20 Å². The number of nitrogen functional groups attached to an aromatic ring is 1. The van der Waals surface area contributed by atoms with Crippen molar-refractivity contribution in [2.24, 2.45) is 0 Å². The van der Waals surface area contributed by atoms with Crippen LogP contribution >= 0.6 is 0 Å². The van der Waals surface area contributed by atoms with Gasteiger partial charge in [0.05, 0.1) is 12.8 Å². The Labute approximate surface area is 82.3 Å². The topological polar surface area (TPSA) is 52.5 Å². The highest BCUT2D eigenvalue weighted by Crippen LogP contribution is 2.24. The molecule has 0 bridgehead atoms. The number of ether oxygens (including phenoxy) is 1. The van der Waals surface area contributed by atoms with Gasteiger partial charge in [-0.3, -0.25) is 4.40 Å². The molecule has 0 atom stereocenters. The molecule has 2 heterocycles. The van der Waals surface area contributed by atoms with E-state index in [1.54, 1.807) is 7.11 Å². The third kappa shape index (κ3) is 1.11. The molecule has 0 fully saturated rings. The van der Waals surface area contributed by atoms with Crippen molar-refractivity contribution in [2.75, 3.05) is 12.8 Å². The van der Waals surface area contributed by atoms with Crippen molar-refractivity contribution in [3.63, 3.8) is 0 Å². The summed E-state index contributed by atoms with van der Waals surface area (Å²) in [5.41, 5.74) is 9.23. The number of hydrogen-bond acceptors (Lipinski definition) is 3. The van der Waals surface area contributed by atoms with Gasteiger partial charge in [-0.1, -0.05) is 0 Å². The van der Waals surface area contributed by atoms with Crippen molar-refractivity contribution < 1.29 is 4.74 Å². The second-order valence-corrected chi connectivity index (χ2v) is 3.37. The van der Waals surface area contributed by atoms with Crippen LogP contribution in [0.5, 0.6) is 5.88 Å². The summed E-state index contributed by atoms with van der Waals surface area (Å²) >= 11 is 0. The maximum atomic E-state index is 5.86. The molecule has 0 aliphatic rings. The first-order valence-corrected chi connectivity index (χ1v) is 4.42. The minimum absolute atomic E-state index is 0.677. The third-order valence-corrected chi connectivity index (χ3v) is 2.20. The van der Waals surface area contributed by atoms with Gasteiger partial charge >= 0.3 is 0 Å². The monoisotopic (exact) mass is 191 g/mol. The predicted octanol–water partition coefficient (Wildman–Crippen LogP) is 1.54. The van der Waals surface area contributed by atoms with E-state index in [1.165, 1.54) is 0 Å². The van der Waals surface area contributed by atoms with E-state index in [-0.39, 0.29) is 0 Å². The molecular formula is C10H13N3O. The van der Waals surface area contributed by atoms with Crippen LogP contribution in [-0.4, -0.2) is 16.5 Å². The molecule has 2 N–H and O–H groups in total. The summed E-state index contributed by atoms with van der Waals surface area (Å²) in [5.74, 6) is 0.746. The van der Waals surface area contributed by atoms with E-state index in [1.807, 2.05) is 30.5 Å². The molecule has 4 heteroatoms. The summed E-state index contributed by atoms with van der Waals surface area (Å²) in [5, 5.41) is 0. The number of pyridine rings is 1. The Morgan fingerprint density at radius 1 is 1.43 bits per heavy atom. The average molecular weight is 191 g/mol. The number of aryl methyl sites for hydroxylation is 2. The first kappa shape index (κ1) is 8.87. The Hall–Kier alpha value is -1.71. The Bertz CT molecular complexity index is 488. The van der Waals surface area contributed by atoms with E-state index in [0.717, 1.165) is 22.8 Å². The average Bonchev–Trinajstić information content (AvgIpc) is 2.41. The van der Waals surface area contributed by atoms with Gasteiger partial charge in [0.2, 0.25) is 5.88 Å². The van der Waals surface area contributed by atoms with Gasteiger partial charge in [0.15, 0.2) is 5.65 Å². The Balaban J connectivity index is 2.87. The molecule has 0 radical (unpaired) electrons. The lowest BCUT2D eigenvalue weighted by molar-refractivity contribution is 0.391. The molecule has 0 amide bonds. The number of hydrogen-bond donors (Lipinski definition) is 1. The molecule has 74 valence electrons. The van der Waals surface area contributed by atoms with E-state index in [0.29, 0.717) is 5.69 Å². The van der Waals surface area contributed by atoms with Crippen molar-refractivity contribution in [2.45, 2.75) is 13.8 Å². The molecule has 0 spiro atoms. The summed E-state index contributed by atoms with van der Waals surface area (Å²) in [6, 6.07) is 1.90. The number of nitrogens with two attached hydrogens (primary N) is 1.